The van der Waals surface area contributed by atoms with E-state index in [2.05, 4.69) is 213 Å². The highest BCUT2D eigenvalue weighted by Gasteiger charge is 2.36. The number of para-hydroxylation sites is 1. The van der Waals surface area contributed by atoms with E-state index in [0.717, 1.165) is 72.5 Å². The van der Waals surface area contributed by atoms with Crippen molar-refractivity contribution in [1.29, 1.82) is 0 Å². The van der Waals surface area contributed by atoms with Crippen LogP contribution >= 0.6 is 0 Å². The number of aliphatic imine (C=N–C) groups is 1. The summed E-state index contributed by atoms with van der Waals surface area (Å²) in [7, 11) is 0. The minimum atomic E-state index is -0.0521. The Kier molecular flexibility index (Phi) is 7.67. The Balaban J connectivity index is 0.947. The van der Waals surface area contributed by atoms with Gasteiger partial charge in [0.1, 0.15) is 17.0 Å². The first kappa shape index (κ1) is 34.6. The number of amidine groups is 1. The zero-order valence-electron chi connectivity index (χ0n) is 33.4. The Morgan fingerprint density at radius 3 is 2.05 bits per heavy atom. The maximum Gasteiger partial charge on any atom is 0.143 e. The molecular formula is C56H41N3O. The summed E-state index contributed by atoms with van der Waals surface area (Å²) in [5.74, 6) is 0.870. The third-order valence-corrected chi connectivity index (χ3v) is 13.0. The minimum absolute atomic E-state index is 0.0209. The smallest absolute Gasteiger partial charge is 0.143 e. The molecule has 0 amide bonds. The molecule has 9 aromatic rings. The standard InChI is InChI=1S/C56H41N3O/c1-56(2)46-22-11-9-20-40(46)45-31-39(25-29-47(45)56)55-58-49(34-14-5-3-6-15-34)33-50(59-55)38-19-13-18-36(30-38)37-24-26-41-42-27-28-44-52(54(42)60-51(41)32-37)43-21-10-12-23-48(43)57-53(44)35-16-7-4-8-17-35/h3-33,49,53,57H,1-2H3,(H,58,59). The van der Waals surface area contributed by atoms with Crippen molar-refractivity contribution in [2.45, 2.75) is 31.3 Å². The summed E-state index contributed by atoms with van der Waals surface area (Å²) in [5.41, 5.74) is 19.4. The third-order valence-electron chi connectivity index (χ3n) is 13.0. The first-order valence-corrected chi connectivity index (χ1v) is 20.9. The van der Waals surface area contributed by atoms with Gasteiger partial charge < -0.3 is 15.1 Å². The van der Waals surface area contributed by atoms with Crippen LogP contribution in [0.5, 0.6) is 0 Å². The fraction of sp³-hybridized carbons (Fsp3) is 0.0893. The highest BCUT2D eigenvalue weighted by molar-refractivity contribution is 6.12. The molecule has 0 fully saturated rings. The average Bonchev–Trinajstić information content (AvgIpc) is 3.80. The number of fused-ring (bicyclic) bond motifs is 10. The molecule has 2 aliphatic heterocycles. The van der Waals surface area contributed by atoms with Crippen LogP contribution in [0.25, 0.3) is 61.0 Å². The second-order valence-corrected chi connectivity index (χ2v) is 16.8. The van der Waals surface area contributed by atoms with Crippen LogP contribution in [0.15, 0.2) is 197 Å². The normalized spacial score (nSPS) is 17.1. The van der Waals surface area contributed by atoms with E-state index in [0.29, 0.717) is 0 Å². The lowest BCUT2D eigenvalue weighted by Crippen LogP contribution is -2.31. The highest BCUT2D eigenvalue weighted by Crippen LogP contribution is 2.50. The van der Waals surface area contributed by atoms with Crippen LogP contribution in [-0.2, 0) is 5.41 Å². The van der Waals surface area contributed by atoms with Gasteiger partial charge in [0.15, 0.2) is 0 Å². The van der Waals surface area contributed by atoms with Crippen LogP contribution in [0, 0.1) is 0 Å². The SMILES string of the molecule is CC1(C)c2ccccc2-c2cc(C3=NC(c4cccc(-c5ccc6c(c5)oc5c7c(ccc56)C(c5ccccc5)Nc5ccccc5-7)c4)=CC(c4ccccc4)N3)ccc21. The van der Waals surface area contributed by atoms with Gasteiger partial charge in [-0.2, -0.15) is 0 Å². The lowest BCUT2D eigenvalue weighted by Gasteiger charge is -2.30. The summed E-state index contributed by atoms with van der Waals surface area (Å²) in [6.07, 6.45) is 2.25. The van der Waals surface area contributed by atoms with Gasteiger partial charge in [-0.15, -0.1) is 0 Å². The van der Waals surface area contributed by atoms with E-state index in [1.165, 1.54) is 38.9 Å². The maximum absolute atomic E-state index is 6.92. The van der Waals surface area contributed by atoms with E-state index in [-0.39, 0.29) is 17.5 Å². The summed E-state index contributed by atoms with van der Waals surface area (Å²) in [5, 5.41) is 9.85. The maximum atomic E-state index is 6.92. The van der Waals surface area contributed by atoms with E-state index in [4.69, 9.17) is 9.41 Å². The molecule has 60 heavy (non-hydrogen) atoms. The van der Waals surface area contributed by atoms with Gasteiger partial charge in [0.05, 0.1) is 17.8 Å². The predicted octanol–water partition coefficient (Wildman–Crippen LogP) is 13.9. The lowest BCUT2D eigenvalue weighted by atomic mass is 9.82. The zero-order chi connectivity index (χ0) is 40.0. The van der Waals surface area contributed by atoms with Gasteiger partial charge in [0, 0.05) is 44.1 Å². The van der Waals surface area contributed by atoms with Gasteiger partial charge >= 0.3 is 0 Å². The van der Waals surface area contributed by atoms with Crippen molar-refractivity contribution in [3.8, 4) is 33.4 Å². The number of anilines is 1. The van der Waals surface area contributed by atoms with Gasteiger partial charge in [-0.1, -0.05) is 166 Å². The molecule has 2 atom stereocenters. The predicted molar refractivity (Wildman–Crippen MR) is 247 cm³/mol. The number of hydrogen-bond donors (Lipinski definition) is 2. The first-order chi connectivity index (χ1) is 29.5. The molecular weight excluding hydrogens is 731 g/mol. The summed E-state index contributed by atoms with van der Waals surface area (Å²) in [6.45, 7) is 4.65. The molecule has 0 saturated heterocycles. The van der Waals surface area contributed by atoms with Crippen molar-refractivity contribution in [2.24, 2.45) is 4.99 Å². The molecule has 3 aliphatic rings. The van der Waals surface area contributed by atoms with Crippen LogP contribution in [-0.4, -0.2) is 5.84 Å². The molecule has 0 saturated carbocycles. The van der Waals surface area contributed by atoms with E-state index in [1.54, 1.807) is 0 Å². The van der Waals surface area contributed by atoms with E-state index in [9.17, 15) is 0 Å². The number of benzene rings is 8. The summed E-state index contributed by atoms with van der Waals surface area (Å²) < 4.78 is 6.92. The minimum Gasteiger partial charge on any atom is -0.455 e. The number of furan rings is 1. The van der Waals surface area contributed by atoms with Gasteiger partial charge in [-0.25, -0.2) is 4.99 Å². The number of hydrogen-bond acceptors (Lipinski definition) is 4. The Hall–Kier alpha value is -7.43. The molecule has 12 rings (SSSR count). The average molecular weight is 772 g/mol. The molecule has 0 spiro atoms. The largest absolute Gasteiger partial charge is 0.455 e. The van der Waals surface area contributed by atoms with E-state index in [1.807, 2.05) is 0 Å². The molecule has 4 heteroatoms. The molecule has 1 aliphatic carbocycles. The Bertz CT molecular complexity index is 3240. The van der Waals surface area contributed by atoms with Crippen molar-refractivity contribution in [3.05, 3.63) is 227 Å². The fourth-order valence-corrected chi connectivity index (χ4v) is 9.93. The molecule has 2 unspecified atom stereocenters. The van der Waals surface area contributed by atoms with Crippen LogP contribution in [0.2, 0.25) is 0 Å². The van der Waals surface area contributed by atoms with Crippen LogP contribution in [0.4, 0.5) is 5.69 Å². The monoisotopic (exact) mass is 771 g/mol. The number of nitrogens with one attached hydrogen (secondary N) is 2. The molecule has 286 valence electrons. The molecule has 3 heterocycles. The second-order valence-electron chi connectivity index (χ2n) is 16.8. The van der Waals surface area contributed by atoms with Crippen LogP contribution in [0.1, 0.15) is 64.9 Å². The Morgan fingerprint density at radius 1 is 0.517 bits per heavy atom. The summed E-state index contributed by atoms with van der Waals surface area (Å²) >= 11 is 0. The lowest BCUT2D eigenvalue weighted by molar-refractivity contribution is 0.660. The molecule has 0 bridgehead atoms. The molecule has 1 aromatic heterocycles. The quantitative estimate of drug-likeness (QED) is 0.183. The second kappa shape index (κ2) is 13.3. The third kappa shape index (κ3) is 5.41. The highest BCUT2D eigenvalue weighted by atomic mass is 16.3. The molecule has 4 nitrogen and oxygen atoms in total. The van der Waals surface area contributed by atoms with Crippen molar-refractivity contribution in [2.75, 3.05) is 5.32 Å². The Labute approximate surface area is 349 Å². The van der Waals surface area contributed by atoms with E-state index < -0.39 is 0 Å². The van der Waals surface area contributed by atoms with Crippen molar-refractivity contribution in [1.82, 2.24) is 5.32 Å². The molecule has 2 N–H and O–H groups in total. The zero-order valence-corrected chi connectivity index (χ0v) is 33.4. The fourth-order valence-electron chi connectivity index (χ4n) is 9.93. The number of rotatable bonds is 5. The number of nitrogens with zero attached hydrogens (tertiary/aromatic N) is 1. The Morgan fingerprint density at radius 2 is 1.20 bits per heavy atom. The molecule has 8 aromatic carbocycles. The summed E-state index contributed by atoms with van der Waals surface area (Å²) in [6, 6.07) is 65.4. The van der Waals surface area contributed by atoms with Crippen LogP contribution < -0.4 is 10.6 Å². The van der Waals surface area contributed by atoms with Crippen molar-refractivity contribution in [3.63, 3.8) is 0 Å². The van der Waals surface area contributed by atoms with Crippen LogP contribution in [0.3, 0.4) is 0 Å². The first-order valence-electron chi connectivity index (χ1n) is 20.9. The topological polar surface area (TPSA) is 49.6 Å². The van der Waals surface area contributed by atoms with Gasteiger partial charge in [0.25, 0.3) is 0 Å². The van der Waals surface area contributed by atoms with Crippen molar-refractivity contribution >= 4 is 39.2 Å². The van der Waals surface area contributed by atoms with E-state index >= 15 is 0 Å². The summed E-state index contributed by atoms with van der Waals surface area (Å²) in [4.78, 5) is 5.36. The van der Waals surface area contributed by atoms with Gasteiger partial charge in [-0.05, 0) is 86.5 Å². The van der Waals surface area contributed by atoms with Gasteiger partial charge in [0.2, 0.25) is 0 Å². The van der Waals surface area contributed by atoms with Crippen molar-refractivity contribution < 1.29 is 4.42 Å². The molecule has 0 radical (unpaired) electrons. The van der Waals surface area contributed by atoms with Gasteiger partial charge in [-0.3, -0.25) is 0 Å².